The number of benzene rings is 1. The third-order valence-corrected chi connectivity index (χ3v) is 2.80. The Morgan fingerprint density at radius 2 is 2.22 bits per heavy atom. The number of aliphatic hydroxyl groups excluding tert-OH is 1. The van der Waals surface area contributed by atoms with E-state index in [1.54, 1.807) is 14.0 Å². The van der Waals surface area contributed by atoms with Crippen molar-refractivity contribution in [3.8, 4) is 18.1 Å². The van der Waals surface area contributed by atoms with E-state index in [2.05, 4.69) is 17.7 Å². The average Bonchev–Trinajstić information content (AvgIpc) is 2.37. The fraction of sp³-hybridized carbons (Fsp3) is 0.467. The molecule has 3 nitrogen and oxygen atoms in total. The second-order valence-electron chi connectivity index (χ2n) is 4.19. The summed E-state index contributed by atoms with van der Waals surface area (Å²) in [4.78, 5) is 2.09. The van der Waals surface area contributed by atoms with Crippen LogP contribution in [0.3, 0.4) is 0 Å². The molecule has 0 saturated heterocycles. The number of terminal acetylenes is 1. The Morgan fingerprint density at radius 1 is 1.50 bits per heavy atom. The van der Waals surface area contributed by atoms with Gasteiger partial charge in [0.25, 0.3) is 0 Å². The lowest BCUT2D eigenvalue weighted by molar-refractivity contribution is 0.194. The van der Waals surface area contributed by atoms with E-state index in [4.69, 9.17) is 11.2 Å². The molecule has 0 spiro atoms. The molecule has 0 unspecified atom stereocenters. The first-order valence-electron chi connectivity index (χ1n) is 6.19. The van der Waals surface area contributed by atoms with E-state index in [1.807, 2.05) is 18.2 Å². The van der Waals surface area contributed by atoms with Gasteiger partial charge in [-0.05, 0) is 25.5 Å². The summed E-state index contributed by atoms with van der Waals surface area (Å²) in [7, 11) is 1.61. The van der Waals surface area contributed by atoms with E-state index in [-0.39, 0.29) is 0 Å². The van der Waals surface area contributed by atoms with Gasteiger partial charge in [0.15, 0.2) is 0 Å². The van der Waals surface area contributed by atoms with E-state index in [9.17, 15) is 5.11 Å². The summed E-state index contributed by atoms with van der Waals surface area (Å²) in [5.41, 5.74) is 1.74. The molecule has 0 aliphatic carbocycles. The molecule has 1 N–H and O–H groups in total. The molecule has 1 aromatic rings. The molecule has 0 saturated carbocycles. The maximum Gasteiger partial charge on any atom is 0.126 e. The Kier molecular flexibility index (Phi) is 5.54. The van der Waals surface area contributed by atoms with Gasteiger partial charge in [0, 0.05) is 17.8 Å². The highest BCUT2D eigenvalue weighted by molar-refractivity contribution is 5.61. The summed E-state index contributed by atoms with van der Waals surface area (Å²) in [5.74, 6) is 3.35. The number of nitrogens with zero attached hydrogens (tertiary/aromatic N) is 1. The molecule has 0 amide bonds. The number of rotatable bonds is 6. The lowest BCUT2D eigenvalue weighted by Crippen LogP contribution is -2.26. The van der Waals surface area contributed by atoms with Crippen molar-refractivity contribution in [3.63, 3.8) is 0 Å². The smallest absolute Gasteiger partial charge is 0.126 e. The van der Waals surface area contributed by atoms with E-state index >= 15 is 0 Å². The number of anilines is 1. The molecule has 0 aliphatic heterocycles. The summed E-state index contributed by atoms with van der Waals surface area (Å²) >= 11 is 0. The van der Waals surface area contributed by atoms with Crippen molar-refractivity contribution in [2.45, 2.75) is 26.4 Å². The van der Waals surface area contributed by atoms with Crippen LogP contribution >= 0.6 is 0 Å². The van der Waals surface area contributed by atoms with Gasteiger partial charge < -0.3 is 14.7 Å². The van der Waals surface area contributed by atoms with Gasteiger partial charge in [-0.25, -0.2) is 0 Å². The largest absolute Gasteiger partial charge is 0.496 e. The summed E-state index contributed by atoms with van der Waals surface area (Å²) in [6.07, 6.45) is 5.82. The molecule has 1 rings (SSSR count). The van der Waals surface area contributed by atoms with Crippen LogP contribution in [-0.4, -0.2) is 25.3 Å². The van der Waals surface area contributed by atoms with Crippen LogP contribution < -0.4 is 9.64 Å². The highest BCUT2D eigenvalue weighted by Gasteiger charge is 2.17. The molecule has 0 fully saturated rings. The second-order valence-corrected chi connectivity index (χ2v) is 4.19. The number of aliphatic hydroxyl groups is 1. The minimum Gasteiger partial charge on any atom is -0.496 e. The van der Waals surface area contributed by atoms with Crippen molar-refractivity contribution in [2.24, 2.45) is 0 Å². The number of ether oxygens (including phenoxy) is 1. The summed E-state index contributed by atoms with van der Waals surface area (Å²) in [6.45, 7) is 5.23. The van der Waals surface area contributed by atoms with Gasteiger partial charge in [-0.3, -0.25) is 0 Å². The van der Waals surface area contributed by atoms with Crippen molar-refractivity contribution in [1.82, 2.24) is 0 Å². The predicted molar refractivity (Wildman–Crippen MR) is 75.0 cm³/mol. The topological polar surface area (TPSA) is 32.7 Å². The van der Waals surface area contributed by atoms with Gasteiger partial charge in [0.05, 0.1) is 19.8 Å². The van der Waals surface area contributed by atoms with E-state index in [0.717, 1.165) is 24.2 Å². The second kappa shape index (κ2) is 6.93. The minimum atomic E-state index is -0.590. The lowest BCUT2D eigenvalue weighted by Gasteiger charge is -2.26. The van der Waals surface area contributed by atoms with Crippen molar-refractivity contribution < 1.29 is 9.84 Å². The van der Waals surface area contributed by atoms with Gasteiger partial charge >= 0.3 is 0 Å². The normalized spacial score (nSPS) is 11.7. The highest BCUT2D eigenvalue weighted by atomic mass is 16.5. The van der Waals surface area contributed by atoms with Crippen LogP contribution in [-0.2, 0) is 0 Å². The number of hydrogen-bond donors (Lipinski definition) is 1. The maximum atomic E-state index is 9.94. The zero-order chi connectivity index (χ0) is 13.5. The predicted octanol–water partition coefficient (Wildman–Crippen LogP) is 2.60. The molecule has 1 atom stereocenters. The van der Waals surface area contributed by atoms with Crippen LogP contribution in [0.1, 0.15) is 31.9 Å². The van der Waals surface area contributed by atoms with Crippen LogP contribution in [0, 0.1) is 12.3 Å². The van der Waals surface area contributed by atoms with Crippen LogP contribution in [0.4, 0.5) is 5.69 Å². The van der Waals surface area contributed by atoms with Crippen LogP contribution in [0.2, 0.25) is 0 Å². The summed E-state index contributed by atoms with van der Waals surface area (Å²) < 4.78 is 5.32. The minimum absolute atomic E-state index is 0.528. The molecule has 0 aromatic heterocycles. The molecule has 3 heteroatoms. The van der Waals surface area contributed by atoms with Gasteiger partial charge in [-0.15, -0.1) is 6.42 Å². The van der Waals surface area contributed by atoms with Crippen molar-refractivity contribution >= 4 is 5.69 Å². The molecular formula is C15H21NO2. The van der Waals surface area contributed by atoms with Crippen LogP contribution in [0.5, 0.6) is 5.75 Å². The maximum absolute atomic E-state index is 9.94. The Hall–Kier alpha value is -1.66. The van der Waals surface area contributed by atoms with Gasteiger partial charge in [-0.2, -0.15) is 0 Å². The van der Waals surface area contributed by atoms with Crippen LogP contribution in [0.25, 0.3) is 0 Å². The Bertz CT molecular complexity index is 421. The Morgan fingerprint density at radius 3 is 2.72 bits per heavy atom. The standard InChI is InChI=1S/C15H21NO2/c1-5-10-16(11-6-2)13-8-7-9-14(18-4)15(13)12(3)17/h1,7-9,12,17H,6,10-11H2,2-4H3/t12-/m0/s1. The van der Waals surface area contributed by atoms with E-state index < -0.39 is 6.10 Å². The average molecular weight is 247 g/mol. The third kappa shape index (κ3) is 3.18. The van der Waals surface area contributed by atoms with E-state index in [0.29, 0.717) is 12.3 Å². The first kappa shape index (κ1) is 14.4. The van der Waals surface area contributed by atoms with Crippen LogP contribution in [0.15, 0.2) is 18.2 Å². The zero-order valence-electron chi connectivity index (χ0n) is 11.3. The summed E-state index contributed by atoms with van der Waals surface area (Å²) in [6, 6.07) is 5.74. The molecule has 18 heavy (non-hydrogen) atoms. The quantitative estimate of drug-likeness (QED) is 0.784. The molecule has 0 aliphatic rings. The molecule has 0 radical (unpaired) electrons. The van der Waals surface area contributed by atoms with Gasteiger partial charge in [0.2, 0.25) is 0 Å². The summed E-state index contributed by atoms with van der Waals surface area (Å²) in [5, 5.41) is 9.94. The highest BCUT2D eigenvalue weighted by Crippen LogP contribution is 2.34. The van der Waals surface area contributed by atoms with Crippen molar-refractivity contribution in [2.75, 3.05) is 25.1 Å². The molecule has 1 aromatic carbocycles. The lowest BCUT2D eigenvalue weighted by atomic mass is 10.1. The SMILES string of the molecule is C#CCN(CCC)c1cccc(OC)c1[C@H](C)O. The van der Waals surface area contributed by atoms with Gasteiger partial charge in [0.1, 0.15) is 5.75 Å². The molecular weight excluding hydrogens is 226 g/mol. The first-order valence-corrected chi connectivity index (χ1v) is 6.19. The molecule has 0 bridgehead atoms. The van der Waals surface area contributed by atoms with Gasteiger partial charge in [-0.1, -0.05) is 18.9 Å². The number of hydrogen-bond acceptors (Lipinski definition) is 3. The third-order valence-electron chi connectivity index (χ3n) is 2.80. The zero-order valence-corrected chi connectivity index (χ0v) is 11.3. The van der Waals surface area contributed by atoms with Crippen molar-refractivity contribution in [3.05, 3.63) is 23.8 Å². The molecule has 0 heterocycles. The van der Waals surface area contributed by atoms with Crippen molar-refractivity contribution in [1.29, 1.82) is 0 Å². The number of methoxy groups -OCH3 is 1. The fourth-order valence-corrected chi connectivity index (χ4v) is 2.07. The molecule has 98 valence electrons. The first-order chi connectivity index (χ1) is 8.65. The Balaban J connectivity index is 3.24. The fourth-order valence-electron chi connectivity index (χ4n) is 2.07. The Labute approximate surface area is 109 Å². The van der Waals surface area contributed by atoms with E-state index in [1.165, 1.54) is 0 Å². The monoisotopic (exact) mass is 247 g/mol.